The van der Waals surface area contributed by atoms with E-state index in [9.17, 15) is 10.1 Å². The number of anilines is 1. The van der Waals surface area contributed by atoms with Gasteiger partial charge in [-0.3, -0.25) is 14.9 Å². The van der Waals surface area contributed by atoms with Crippen LogP contribution in [0.4, 0.5) is 5.69 Å². The summed E-state index contributed by atoms with van der Waals surface area (Å²) in [4.78, 5) is 20.5. The Bertz CT molecular complexity index is 1540. The number of amides is 1. The number of carbonyl (C=O) groups excluding carboxylic acids is 1. The number of likely N-dealkylation sites (tertiary alicyclic amines) is 1. The zero-order chi connectivity index (χ0) is 27.6. The van der Waals surface area contributed by atoms with Gasteiger partial charge in [-0.05, 0) is 61.9 Å². The number of nitrogens with zero attached hydrogens (tertiary/aromatic N) is 5. The van der Waals surface area contributed by atoms with Gasteiger partial charge in [0.25, 0.3) is 0 Å². The molecule has 198 valence electrons. The van der Waals surface area contributed by atoms with Gasteiger partial charge in [0, 0.05) is 48.6 Å². The number of benzene rings is 2. The summed E-state index contributed by atoms with van der Waals surface area (Å²) in [6.07, 6.45) is 8.48. The summed E-state index contributed by atoms with van der Waals surface area (Å²) in [6, 6.07) is 10.4. The van der Waals surface area contributed by atoms with Crippen LogP contribution in [0.25, 0.3) is 22.0 Å². The van der Waals surface area contributed by atoms with Crippen LogP contribution in [0.15, 0.2) is 72.5 Å². The lowest BCUT2D eigenvalue weighted by molar-refractivity contribution is -0.125. The minimum Gasteiger partial charge on any atom is -0.487 e. The molecule has 1 N–H and O–H groups in total. The normalized spacial score (nSPS) is 18.9. The van der Waals surface area contributed by atoms with Gasteiger partial charge >= 0.3 is 0 Å². The third kappa shape index (κ3) is 4.84. The summed E-state index contributed by atoms with van der Waals surface area (Å²) in [6.45, 7) is 16.3. The predicted octanol–water partition coefficient (Wildman–Crippen LogP) is 5.17. The lowest BCUT2D eigenvalue weighted by Gasteiger charge is -2.27. The highest BCUT2D eigenvalue weighted by Gasteiger charge is 2.45. The number of H-pyrrole nitrogens is 1. The van der Waals surface area contributed by atoms with Crippen molar-refractivity contribution in [1.82, 2.24) is 15.1 Å². The van der Waals surface area contributed by atoms with Crippen molar-refractivity contribution in [3.8, 4) is 22.9 Å². The molecule has 39 heavy (non-hydrogen) atoms. The highest BCUT2D eigenvalue weighted by Crippen LogP contribution is 2.45. The summed E-state index contributed by atoms with van der Waals surface area (Å²) in [7, 11) is 0. The van der Waals surface area contributed by atoms with Gasteiger partial charge in [0.15, 0.2) is 0 Å². The fourth-order valence-electron chi connectivity index (χ4n) is 5.90. The van der Waals surface area contributed by atoms with Gasteiger partial charge in [-0.1, -0.05) is 25.3 Å². The van der Waals surface area contributed by atoms with Crippen LogP contribution in [0.2, 0.25) is 0 Å². The predicted molar refractivity (Wildman–Crippen MR) is 155 cm³/mol. The number of fused-ring (bicyclic) bond motifs is 1. The van der Waals surface area contributed by atoms with Gasteiger partial charge in [0.2, 0.25) is 5.91 Å². The molecule has 3 heterocycles. The van der Waals surface area contributed by atoms with Crippen LogP contribution in [0.5, 0.6) is 5.75 Å². The zero-order valence-electron chi connectivity index (χ0n) is 22.2. The van der Waals surface area contributed by atoms with Crippen LogP contribution >= 0.6 is 0 Å². The number of allylic oxidation sites excluding steroid dienone is 2. The van der Waals surface area contributed by atoms with Crippen molar-refractivity contribution in [2.45, 2.75) is 19.8 Å². The van der Waals surface area contributed by atoms with Gasteiger partial charge in [0.1, 0.15) is 18.4 Å². The Balaban J connectivity index is 1.59. The number of ether oxygens (including phenoxy) is 1. The molecule has 3 aromatic rings. The smallest absolute Gasteiger partial charge is 0.245 e. The first-order chi connectivity index (χ1) is 18.9. The number of rotatable bonds is 8. The second-order valence-corrected chi connectivity index (χ2v) is 10.3. The number of hydrogen-bond acceptors (Lipinski definition) is 6. The molecule has 1 unspecified atom stereocenters. The molecule has 2 aromatic carbocycles. The Hall–Kier alpha value is -4.64. The Kier molecular flexibility index (Phi) is 7.07. The number of aromatic nitrogens is 2. The maximum Gasteiger partial charge on any atom is 0.245 e. The topological polar surface area (TPSA) is 97.6 Å². The fourth-order valence-corrected chi connectivity index (χ4v) is 5.90. The van der Waals surface area contributed by atoms with E-state index in [0.717, 1.165) is 65.8 Å². The first kappa shape index (κ1) is 26.0. The van der Waals surface area contributed by atoms with E-state index >= 15 is 0 Å². The van der Waals surface area contributed by atoms with E-state index in [0.29, 0.717) is 23.6 Å². The van der Waals surface area contributed by atoms with Crippen LogP contribution in [0.3, 0.4) is 0 Å². The maximum atomic E-state index is 12.3. The molecule has 1 atom stereocenters. The standard InChI is InChI=1S/C31H32N6O2/c1-5-7-22(33-4)18-39-23-14-24(30-21(3)8-9-27-26(30)17-34-35-27)25(16-32)28(15-23)36-12-10-31(19-36)11-13-37(20-31)29(38)6-2/h5-9,14-15,17H,1-2,4,10-13,18-20H2,3H3,(H,34,35)/b22-7-. The highest BCUT2D eigenvalue weighted by molar-refractivity contribution is 5.99. The number of hydrogen-bond donors (Lipinski definition) is 1. The second-order valence-electron chi connectivity index (χ2n) is 10.3. The molecule has 2 aliphatic rings. The van der Waals surface area contributed by atoms with Crippen molar-refractivity contribution in [3.05, 3.63) is 78.7 Å². The van der Waals surface area contributed by atoms with E-state index < -0.39 is 0 Å². The number of aliphatic imine (C=N–C) groups is 1. The highest BCUT2D eigenvalue weighted by atomic mass is 16.5. The molecular weight excluding hydrogens is 488 g/mol. The molecule has 2 aliphatic heterocycles. The van der Waals surface area contributed by atoms with Crippen molar-refractivity contribution in [2.24, 2.45) is 10.4 Å². The third-order valence-corrected chi connectivity index (χ3v) is 7.91. The molecule has 0 aliphatic carbocycles. The van der Waals surface area contributed by atoms with Crippen LogP contribution in [-0.4, -0.2) is 60.5 Å². The lowest BCUT2D eigenvalue weighted by Crippen LogP contribution is -2.33. The van der Waals surface area contributed by atoms with Crippen molar-refractivity contribution in [1.29, 1.82) is 5.26 Å². The minimum absolute atomic E-state index is 0.00443. The van der Waals surface area contributed by atoms with Gasteiger partial charge < -0.3 is 14.5 Å². The monoisotopic (exact) mass is 520 g/mol. The average Bonchev–Trinajstić information content (AvgIpc) is 3.70. The molecule has 2 saturated heterocycles. The summed E-state index contributed by atoms with van der Waals surface area (Å²) >= 11 is 0. The first-order valence-electron chi connectivity index (χ1n) is 13.0. The van der Waals surface area contributed by atoms with E-state index in [1.165, 1.54) is 6.08 Å². The van der Waals surface area contributed by atoms with Gasteiger partial charge in [-0.2, -0.15) is 10.4 Å². The number of carbonyl (C=O) groups is 1. The number of nitriles is 1. The molecule has 8 nitrogen and oxygen atoms in total. The molecule has 5 rings (SSSR count). The van der Waals surface area contributed by atoms with Crippen LogP contribution in [-0.2, 0) is 4.79 Å². The molecule has 0 radical (unpaired) electrons. The van der Waals surface area contributed by atoms with Crippen LogP contribution < -0.4 is 9.64 Å². The third-order valence-electron chi connectivity index (χ3n) is 7.91. The average molecular weight is 521 g/mol. The SMILES string of the molecule is C=C/C=C(/COc1cc(-c2c(C)ccc3[nH]ncc23)c(C#N)c(N2CCC3(CCN(C(=O)C=C)C3)C2)c1)N=C. The summed E-state index contributed by atoms with van der Waals surface area (Å²) in [5, 5.41) is 18.7. The molecule has 1 aromatic heterocycles. The Morgan fingerprint density at radius 2 is 2.10 bits per heavy atom. The lowest BCUT2D eigenvalue weighted by atomic mass is 9.86. The summed E-state index contributed by atoms with van der Waals surface area (Å²) < 4.78 is 6.21. The second kappa shape index (κ2) is 10.6. The maximum absolute atomic E-state index is 12.3. The van der Waals surface area contributed by atoms with E-state index in [2.05, 4.69) is 46.0 Å². The van der Waals surface area contributed by atoms with Gasteiger partial charge in [-0.25, -0.2) is 0 Å². The largest absolute Gasteiger partial charge is 0.487 e. The van der Waals surface area contributed by atoms with Crippen molar-refractivity contribution < 1.29 is 9.53 Å². The molecule has 1 spiro atoms. The summed E-state index contributed by atoms with van der Waals surface area (Å²) in [5.41, 5.74) is 5.76. The Labute approximate surface area is 228 Å². The van der Waals surface area contributed by atoms with E-state index in [4.69, 9.17) is 4.74 Å². The molecule has 2 fully saturated rings. The first-order valence-corrected chi connectivity index (χ1v) is 13.0. The molecule has 0 bridgehead atoms. The molecule has 1 amide bonds. The molecular formula is C31H32N6O2. The van der Waals surface area contributed by atoms with Crippen molar-refractivity contribution in [3.63, 3.8) is 0 Å². The van der Waals surface area contributed by atoms with Crippen LogP contribution in [0, 0.1) is 23.7 Å². The number of aryl methyl sites for hydroxylation is 1. The molecule has 0 saturated carbocycles. The van der Waals surface area contributed by atoms with Gasteiger partial charge in [0.05, 0.1) is 28.7 Å². The van der Waals surface area contributed by atoms with Gasteiger partial charge in [-0.15, -0.1) is 0 Å². The Morgan fingerprint density at radius 3 is 2.85 bits per heavy atom. The van der Waals surface area contributed by atoms with Crippen LogP contribution in [0.1, 0.15) is 24.0 Å². The number of nitrogens with one attached hydrogen (secondary N) is 1. The van der Waals surface area contributed by atoms with E-state index in [1.54, 1.807) is 18.3 Å². The van der Waals surface area contributed by atoms with Crippen molar-refractivity contribution in [2.75, 3.05) is 37.7 Å². The quantitative estimate of drug-likeness (QED) is 0.251. The molecule has 8 heteroatoms. The zero-order valence-corrected chi connectivity index (χ0v) is 22.2. The minimum atomic E-state index is -0.0244. The van der Waals surface area contributed by atoms with Crippen molar-refractivity contribution >= 4 is 29.2 Å². The number of aromatic amines is 1. The van der Waals surface area contributed by atoms with E-state index in [1.807, 2.05) is 36.1 Å². The fraction of sp³-hybridized carbons (Fsp3) is 0.290. The van der Waals surface area contributed by atoms with E-state index in [-0.39, 0.29) is 17.9 Å². The summed E-state index contributed by atoms with van der Waals surface area (Å²) in [5.74, 6) is 0.608. The Morgan fingerprint density at radius 1 is 1.28 bits per heavy atom.